The predicted molar refractivity (Wildman–Crippen MR) is 76.6 cm³/mol. The summed E-state index contributed by atoms with van der Waals surface area (Å²) in [5, 5.41) is 0. The lowest BCUT2D eigenvalue weighted by Gasteiger charge is -2.22. The molecule has 1 aromatic carbocycles. The largest absolute Gasteiger partial charge is 0.445 e. The minimum absolute atomic E-state index is 0.635. The quantitative estimate of drug-likeness (QED) is 0.843. The zero-order chi connectivity index (χ0) is 13.1. The zero-order valence-electron chi connectivity index (χ0n) is 11.1. The minimum Gasteiger partial charge on any atom is -0.445 e. The molecule has 3 rings (SSSR count). The first-order valence-corrected chi connectivity index (χ1v) is 7.11. The Hall–Kier alpha value is -1.77. The van der Waals surface area contributed by atoms with Gasteiger partial charge >= 0.3 is 0 Å². The van der Waals surface area contributed by atoms with Gasteiger partial charge in [-0.15, -0.1) is 0 Å². The maximum absolute atomic E-state index is 6.18. The van der Waals surface area contributed by atoms with E-state index in [0.717, 1.165) is 23.6 Å². The molecule has 0 spiro atoms. The maximum atomic E-state index is 6.18. The van der Waals surface area contributed by atoms with E-state index in [1.165, 1.54) is 37.7 Å². The number of benzene rings is 1. The molecular formula is C16H20N2O. The van der Waals surface area contributed by atoms with Crippen molar-refractivity contribution in [3.8, 4) is 11.5 Å². The number of aromatic nitrogens is 1. The number of hydrogen-bond donors (Lipinski definition) is 1. The van der Waals surface area contributed by atoms with Crippen molar-refractivity contribution in [3.05, 3.63) is 36.2 Å². The van der Waals surface area contributed by atoms with Crippen LogP contribution in [0.1, 0.15) is 37.7 Å². The number of nitrogens with zero attached hydrogens (tertiary/aromatic N) is 1. The number of nitrogen functional groups attached to an aromatic ring is 1. The van der Waals surface area contributed by atoms with Crippen molar-refractivity contribution in [2.24, 2.45) is 5.92 Å². The van der Waals surface area contributed by atoms with Gasteiger partial charge in [0.2, 0.25) is 5.89 Å². The zero-order valence-corrected chi connectivity index (χ0v) is 11.1. The highest BCUT2D eigenvalue weighted by Gasteiger charge is 2.15. The van der Waals surface area contributed by atoms with Gasteiger partial charge in [0.1, 0.15) is 6.26 Å². The smallest absolute Gasteiger partial charge is 0.225 e. The van der Waals surface area contributed by atoms with Gasteiger partial charge in [0.15, 0.2) is 0 Å². The molecule has 100 valence electrons. The molecule has 1 aliphatic rings. The Labute approximate surface area is 113 Å². The minimum atomic E-state index is 0.635. The van der Waals surface area contributed by atoms with Crippen LogP contribution in [-0.2, 0) is 6.42 Å². The summed E-state index contributed by atoms with van der Waals surface area (Å²) in [6.45, 7) is 0. The number of hydrogen-bond acceptors (Lipinski definition) is 3. The van der Waals surface area contributed by atoms with E-state index in [1.54, 1.807) is 12.5 Å². The molecule has 0 aliphatic heterocycles. The van der Waals surface area contributed by atoms with Gasteiger partial charge in [-0.1, -0.05) is 38.2 Å². The lowest BCUT2D eigenvalue weighted by atomic mass is 9.84. The van der Waals surface area contributed by atoms with Crippen LogP contribution in [0.5, 0.6) is 0 Å². The van der Waals surface area contributed by atoms with Gasteiger partial charge in [-0.25, -0.2) is 4.98 Å². The number of oxazole rings is 1. The van der Waals surface area contributed by atoms with Crippen LogP contribution in [0.15, 0.2) is 35.1 Å². The van der Waals surface area contributed by atoms with E-state index < -0.39 is 0 Å². The van der Waals surface area contributed by atoms with E-state index in [-0.39, 0.29) is 0 Å². The fraction of sp³-hybridized carbons (Fsp3) is 0.438. The molecule has 1 fully saturated rings. The first-order valence-electron chi connectivity index (χ1n) is 7.11. The van der Waals surface area contributed by atoms with Crippen molar-refractivity contribution < 1.29 is 4.42 Å². The van der Waals surface area contributed by atoms with Crippen molar-refractivity contribution in [1.82, 2.24) is 4.98 Å². The average molecular weight is 256 g/mol. The Morgan fingerprint density at radius 3 is 2.74 bits per heavy atom. The SMILES string of the molecule is Nc1cc(-c2ncco2)ccc1CC1CCCCC1. The Kier molecular flexibility index (Phi) is 3.53. The average Bonchev–Trinajstić information content (AvgIpc) is 2.96. The number of nitrogens with two attached hydrogens (primary N) is 1. The summed E-state index contributed by atoms with van der Waals surface area (Å²) in [5.74, 6) is 1.44. The van der Waals surface area contributed by atoms with Gasteiger partial charge in [0.05, 0.1) is 6.20 Å². The van der Waals surface area contributed by atoms with Crippen molar-refractivity contribution in [2.45, 2.75) is 38.5 Å². The van der Waals surface area contributed by atoms with Gasteiger partial charge in [-0.2, -0.15) is 0 Å². The Morgan fingerprint density at radius 2 is 2.05 bits per heavy atom. The van der Waals surface area contributed by atoms with Crippen LogP contribution in [0.4, 0.5) is 5.69 Å². The first kappa shape index (κ1) is 12.3. The summed E-state index contributed by atoms with van der Waals surface area (Å²) in [7, 11) is 0. The summed E-state index contributed by atoms with van der Waals surface area (Å²) >= 11 is 0. The molecule has 2 aromatic rings. The highest BCUT2D eigenvalue weighted by atomic mass is 16.3. The highest BCUT2D eigenvalue weighted by Crippen LogP contribution is 2.30. The molecule has 0 atom stereocenters. The van der Waals surface area contributed by atoms with E-state index in [1.807, 2.05) is 6.07 Å². The molecule has 0 unspecified atom stereocenters. The van der Waals surface area contributed by atoms with Gasteiger partial charge in [-0.05, 0) is 30.0 Å². The lowest BCUT2D eigenvalue weighted by molar-refractivity contribution is 0.357. The van der Waals surface area contributed by atoms with Crippen molar-refractivity contribution in [3.63, 3.8) is 0 Å². The third-order valence-corrected chi connectivity index (χ3v) is 4.06. The molecule has 3 nitrogen and oxygen atoms in total. The molecule has 3 heteroatoms. The summed E-state index contributed by atoms with van der Waals surface area (Å²) in [5.41, 5.74) is 9.26. The molecular weight excluding hydrogens is 236 g/mol. The van der Waals surface area contributed by atoms with E-state index >= 15 is 0 Å². The molecule has 1 aromatic heterocycles. The summed E-state index contributed by atoms with van der Waals surface area (Å²) < 4.78 is 5.30. The van der Waals surface area contributed by atoms with Crippen LogP contribution in [0.25, 0.3) is 11.5 Å². The predicted octanol–water partition coefficient (Wildman–Crippen LogP) is 4.05. The molecule has 1 aliphatic carbocycles. The molecule has 0 radical (unpaired) electrons. The first-order chi connectivity index (χ1) is 9.33. The van der Waals surface area contributed by atoms with Crippen LogP contribution in [0.2, 0.25) is 0 Å². The van der Waals surface area contributed by atoms with Gasteiger partial charge < -0.3 is 10.2 Å². The van der Waals surface area contributed by atoms with Crippen LogP contribution >= 0.6 is 0 Å². The maximum Gasteiger partial charge on any atom is 0.225 e. The normalized spacial score (nSPS) is 16.6. The highest BCUT2D eigenvalue weighted by molar-refractivity contribution is 5.62. The second-order valence-electron chi connectivity index (χ2n) is 5.46. The topological polar surface area (TPSA) is 52.0 Å². The lowest BCUT2D eigenvalue weighted by Crippen LogP contribution is -2.10. The van der Waals surface area contributed by atoms with Crippen LogP contribution < -0.4 is 5.73 Å². The fourth-order valence-electron chi connectivity index (χ4n) is 2.98. The number of rotatable bonds is 3. The van der Waals surface area contributed by atoms with Gasteiger partial charge in [0.25, 0.3) is 0 Å². The Bertz CT molecular complexity index is 528. The second kappa shape index (κ2) is 5.47. The molecule has 0 saturated heterocycles. The standard InChI is InChI=1S/C16H20N2O/c17-15-11-14(16-18-8-9-19-16)7-6-13(15)10-12-4-2-1-3-5-12/h6-9,11-12H,1-5,10,17H2. The summed E-state index contributed by atoms with van der Waals surface area (Å²) in [4.78, 5) is 4.15. The third kappa shape index (κ3) is 2.80. The molecule has 2 N–H and O–H groups in total. The Morgan fingerprint density at radius 1 is 1.21 bits per heavy atom. The van der Waals surface area contributed by atoms with E-state index in [2.05, 4.69) is 17.1 Å². The van der Waals surface area contributed by atoms with Crippen LogP contribution in [0.3, 0.4) is 0 Å². The van der Waals surface area contributed by atoms with Crippen molar-refractivity contribution in [1.29, 1.82) is 0 Å². The molecule has 19 heavy (non-hydrogen) atoms. The van der Waals surface area contributed by atoms with Gasteiger partial charge in [-0.3, -0.25) is 0 Å². The van der Waals surface area contributed by atoms with E-state index in [4.69, 9.17) is 10.2 Å². The van der Waals surface area contributed by atoms with Crippen LogP contribution in [-0.4, -0.2) is 4.98 Å². The molecule has 0 bridgehead atoms. The third-order valence-electron chi connectivity index (χ3n) is 4.06. The van der Waals surface area contributed by atoms with Gasteiger partial charge in [0, 0.05) is 11.3 Å². The molecule has 1 saturated carbocycles. The summed E-state index contributed by atoms with van der Waals surface area (Å²) in [6.07, 6.45) is 11.2. The second-order valence-corrected chi connectivity index (χ2v) is 5.46. The summed E-state index contributed by atoms with van der Waals surface area (Å²) in [6, 6.07) is 6.16. The van der Waals surface area contributed by atoms with Crippen molar-refractivity contribution >= 4 is 5.69 Å². The Balaban J connectivity index is 1.76. The van der Waals surface area contributed by atoms with E-state index in [0.29, 0.717) is 5.89 Å². The number of anilines is 1. The van der Waals surface area contributed by atoms with Crippen molar-refractivity contribution in [2.75, 3.05) is 5.73 Å². The monoisotopic (exact) mass is 256 g/mol. The molecule has 1 heterocycles. The van der Waals surface area contributed by atoms with Crippen LogP contribution in [0, 0.1) is 5.92 Å². The fourth-order valence-corrected chi connectivity index (χ4v) is 2.98. The van der Waals surface area contributed by atoms with E-state index in [9.17, 15) is 0 Å². The molecule has 0 amide bonds.